The van der Waals surface area contributed by atoms with Gasteiger partial charge in [-0.05, 0) is 25.3 Å². The van der Waals surface area contributed by atoms with Crippen LogP contribution in [0.25, 0.3) is 0 Å². The van der Waals surface area contributed by atoms with Crippen LogP contribution in [0.4, 0.5) is 17.6 Å². The Balaban J connectivity index is 3.31. The Morgan fingerprint density at radius 3 is 2.00 bits per heavy atom. The van der Waals surface area contributed by atoms with E-state index in [0.717, 1.165) is 57.4 Å². The highest BCUT2D eigenvalue weighted by Crippen LogP contribution is 2.24. The summed E-state index contributed by atoms with van der Waals surface area (Å²) in [4.78, 5) is 10.5. The maximum Gasteiger partial charge on any atom is 0.325 e. The first-order chi connectivity index (χ1) is 10.4. The minimum Gasteiger partial charge on any atom is -0.466 e. The number of rotatable bonds is 13. The monoisotopic (exact) mass is 326 g/mol. The Kier molecular flexibility index (Phi) is 11.9. The Labute approximate surface area is 129 Å². The fourth-order valence-electron chi connectivity index (χ4n) is 1.95. The van der Waals surface area contributed by atoms with Crippen molar-refractivity contribution < 1.29 is 27.1 Å². The van der Waals surface area contributed by atoms with Gasteiger partial charge in [-0.15, -0.1) is 0 Å². The molecule has 0 rings (SSSR count). The zero-order valence-electron chi connectivity index (χ0n) is 13.1. The van der Waals surface area contributed by atoms with Crippen LogP contribution in [0.2, 0.25) is 0 Å². The lowest BCUT2D eigenvalue weighted by Crippen LogP contribution is -2.22. The van der Waals surface area contributed by atoms with Crippen LogP contribution in [-0.2, 0) is 9.53 Å². The van der Waals surface area contributed by atoms with Crippen LogP contribution >= 0.6 is 0 Å². The van der Waals surface area contributed by atoms with E-state index in [4.69, 9.17) is 4.74 Å². The van der Waals surface area contributed by atoms with Gasteiger partial charge in [0.1, 0.15) is 0 Å². The van der Waals surface area contributed by atoms with Gasteiger partial charge in [0.2, 0.25) is 0 Å². The molecule has 0 heterocycles. The number of ether oxygens (including phenoxy) is 1. The molecule has 0 aromatic heterocycles. The lowest BCUT2D eigenvalue weighted by atomic mass is 10.1. The molecule has 0 aliphatic rings. The summed E-state index contributed by atoms with van der Waals surface area (Å²) in [6, 6.07) is 0. The second-order valence-electron chi connectivity index (χ2n) is 5.33. The molecule has 0 aromatic rings. The van der Waals surface area contributed by atoms with Crippen molar-refractivity contribution >= 4 is 5.97 Å². The number of unbranched alkanes of at least 4 members (excludes halogenated alkanes) is 8. The summed E-state index contributed by atoms with van der Waals surface area (Å²) in [7, 11) is 0. The Bertz CT molecular complexity index is 317. The van der Waals surface area contributed by atoms with Crippen LogP contribution in [0.1, 0.15) is 64.7 Å². The van der Waals surface area contributed by atoms with E-state index in [1.807, 2.05) is 0 Å². The minimum atomic E-state index is -4.01. The molecule has 0 aromatic carbocycles. The summed E-state index contributed by atoms with van der Waals surface area (Å²) < 4.78 is 53.6. The highest BCUT2D eigenvalue weighted by molar-refractivity contribution is 5.65. The van der Waals surface area contributed by atoms with Crippen LogP contribution in [0.5, 0.6) is 0 Å². The molecule has 0 amide bonds. The molecular weight excluding hydrogens is 300 g/mol. The molecule has 0 saturated heterocycles. The summed E-state index contributed by atoms with van der Waals surface area (Å²) >= 11 is 0. The zero-order valence-corrected chi connectivity index (χ0v) is 13.1. The van der Waals surface area contributed by atoms with Gasteiger partial charge in [0.25, 0.3) is 0 Å². The largest absolute Gasteiger partial charge is 0.466 e. The predicted octanol–water partition coefficient (Wildman–Crippen LogP) is 5.52. The quantitative estimate of drug-likeness (QED) is 0.193. The maximum atomic E-state index is 12.5. The number of halogens is 4. The second kappa shape index (κ2) is 12.5. The molecule has 0 aliphatic carbocycles. The molecule has 0 unspecified atom stereocenters. The van der Waals surface area contributed by atoms with Gasteiger partial charge in [0.15, 0.2) is 0 Å². The Hall–Kier alpha value is -1.07. The topological polar surface area (TPSA) is 26.3 Å². The highest BCUT2D eigenvalue weighted by Gasteiger charge is 2.37. The molecule has 0 radical (unpaired) electrons. The molecule has 6 heteroatoms. The van der Waals surface area contributed by atoms with E-state index < -0.39 is 12.3 Å². The number of allylic oxidation sites excluding steroid dienone is 2. The summed E-state index contributed by atoms with van der Waals surface area (Å²) in [5, 5.41) is 0. The third-order valence-corrected chi connectivity index (χ3v) is 3.20. The van der Waals surface area contributed by atoms with Crippen molar-refractivity contribution in [3.63, 3.8) is 0 Å². The van der Waals surface area contributed by atoms with E-state index in [0.29, 0.717) is 19.1 Å². The van der Waals surface area contributed by atoms with E-state index in [-0.39, 0.29) is 5.97 Å². The predicted molar refractivity (Wildman–Crippen MR) is 78.3 cm³/mol. The fraction of sp³-hybridized carbons (Fsp3) is 0.812. The first-order valence-corrected chi connectivity index (χ1v) is 7.83. The molecule has 0 aliphatic heterocycles. The molecule has 0 saturated carbocycles. The van der Waals surface area contributed by atoms with Crippen LogP contribution in [0.15, 0.2) is 12.2 Å². The third kappa shape index (κ3) is 12.7. The van der Waals surface area contributed by atoms with E-state index in [2.05, 4.69) is 0 Å². The summed E-state index contributed by atoms with van der Waals surface area (Å²) in [6.07, 6.45) is 6.05. The molecule has 0 atom stereocenters. The van der Waals surface area contributed by atoms with Crippen molar-refractivity contribution in [1.29, 1.82) is 0 Å². The highest BCUT2D eigenvalue weighted by atomic mass is 19.3. The van der Waals surface area contributed by atoms with Gasteiger partial charge in [0.05, 0.1) is 6.61 Å². The van der Waals surface area contributed by atoms with Crippen LogP contribution in [0, 0.1) is 0 Å². The van der Waals surface area contributed by atoms with Crippen LogP contribution in [-0.4, -0.2) is 24.9 Å². The Morgan fingerprint density at radius 2 is 1.50 bits per heavy atom. The van der Waals surface area contributed by atoms with Gasteiger partial charge in [-0.2, -0.15) is 8.78 Å². The van der Waals surface area contributed by atoms with Gasteiger partial charge >= 0.3 is 18.3 Å². The summed E-state index contributed by atoms with van der Waals surface area (Å²) in [5.74, 6) is -4.26. The van der Waals surface area contributed by atoms with Gasteiger partial charge in [-0.25, -0.2) is 8.78 Å². The first-order valence-electron chi connectivity index (χ1n) is 7.83. The number of hydrogen-bond donors (Lipinski definition) is 0. The maximum absolute atomic E-state index is 12.5. The molecule has 130 valence electrons. The average molecular weight is 326 g/mol. The van der Waals surface area contributed by atoms with Gasteiger partial charge in [0, 0.05) is 6.92 Å². The number of hydrogen-bond acceptors (Lipinski definition) is 2. The fourth-order valence-corrected chi connectivity index (χ4v) is 1.95. The van der Waals surface area contributed by atoms with Crippen molar-refractivity contribution in [3.05, 3.63) is 12.2 Å². The van der Waals surface area contributed by atoms with Crippen molar-refractivity contribution in [3.8, 4) is 0 Å². The van der Waals surface area contributed by atoms with Gasteiger partial charge < -0.3 is 4.74 Å². The van der Waals surface area contributed by atoms with Crippen molar-refractivity contribution in [1.82, 2.24) is 0 Å². The molecular formula is C16H26F4O2. The first kappa shape index (κ1) is 20.9. The summed E-state index contributed by atoms with van der Waals surface area (Å²) in [5.41, 5.74) is 0. The normalized spacial score (nSPS) is 12.3. The summed E-state index contributed by atoms with van der Waals surface area (Å²) in [6.45, 7) is 1.87. The number of esters is 1. The van der Waals surface area contributed by atoms with Gasteiger partial charge in [-0.3, -0.25) is 4.79 Å². The van der Waals surface area contributed by atoms with Gasteiger partial charge in [-0.1, -0.05) is 44.6 Å². The van der Waals surface area contributed by atoms with E-state index in [1.165, 1.54) is 6.92 Å². The number of carbonyl (C=O) groups excluding carboxylic acids is 1. The lowest BCUT2D eigenvalue weighted by molar-refractivity contribution is -0.141. The lowest BCUT2D eigenvalue weighted by Gasteiger charge is -2.09. The van der Waals surface area contributed by atoms with Crippen molar-refractivity contribution in [2.24, 2.45) is 0 Å². The molecule has 2 nitrogen and oxygen atoms in total. The molecule has 0 N–H and O–H groups in total. The van der Waals surface area contributed by atoms with Crippen LogP contribution in [0.3, 0.4) is 0 Å². The van der Waals surface area contributed by atoms with Crippen molar-refractivity contribution in [2.75, 3.05) is 6.61 Å². The smallest absolute Gasteiger partial charge is 0.325 e. The number of alkyl halides is 4. The average Bonchev–Trinajstić information content (AvgIpc) is 2.43. The van der Waals surface area contributed by atoms with Crippen molar-refractivity contribution in [2.45, 2.75) is 77.1 Å². The molecule has 0 spiro atoms. The zero-order chi connectivity index (χ0) is 16.8. The minimum absolute atomic E-state index is 0.250. The molecule has 22 heavy (non-hydrogen) atoms. The molecule has 0 bridgehead atoms. The SMILES string of the molecule is CC(=O)OCCCCCCCCCC/C=C\C(F)(F)C(F)F. The second-order valence-corrected chi connectivity index (χ2v) is 5.33. The Morgan fingerprint density at radius 1 is 1.00 bits per heavy atom. The van der Waals surface area contributed by atoms with Crippen LogP contribution < -0.4 is 0 Å². The van der Waals surface area contributed by atoms with E-state index in [1.54, 1.807) is 0 Å². The van der Waals surface area contributed by atoms with E-state index >= 15 is 0 Å². The number of carbonyl (C=O) groups is 1. The van der Waals surface area contributed by atoms with E-state index in [9.17, 15) is 22.4 Å². The standard InChI is InChI=1S/C16H26F4O2/c1-14(21)22-13-11-9-7-5-3-2-4-6-8-10-12-16(19,20)15(17)18/h10,12,15H,2-9,11,13H2,1H3/b12-10-. The molecule has 0 fully saturated rings. The third-order valence-electron chi connectivity index (χ3n) is 3.20.